The number of carbonyl (C=O) groups excluding carboxylic acids is 1. The summed E-state index contributed by atoms with van der Waals surface area (Å²) in [6.45, 7) is 5.74. The third kappa shape index (κ3) is 5.68. The van der Waals surface area contributed by atoms with Gasteiger partial charge in [0.1, 0.15) is 5.01 Å². The first-order chi connectivity index (χ1) is 11.5. The molecule has 3 rings (SSSR count). The van der Waals surface area contributed by atoms with Crippen LogP contribution in [0.2, 0.25) is 0 Å². The summed E-state index contributed by atoms with van der Waals surface area (Å²) < 4.78 is 0. The minimum atomic E-state index is 0. The second kappa shape index (κ2) is 10.3. The van der Waals surface area contributed by atoms with E-state index in [2.05, 4.69) is 36.2 Å². The molecule has 26 heavy (non-hydrogen) atoms. The van der Waals surface area contributed by atoms with Crippen molar-refractivity contribution < 1.29 is 4.79 Å². The molecule has 0 bridgehead atoms. The van der Waals surface area contributed by atoms with Gasteiger partial charge in [0.05, 0.1) is 12.1 Å². The Morgan fingerprint density at radius 2 is 2.04 bits per heavy atom. The summed E-state index contributed by atoms with van der Waals surface area (Å²) in [6.07, 6.45) is 2.55. The normalized spacial score (nSPS) is 17.8. The molecule has 0 radical (unpaired) electrons. The Kier molecular flexibility index (Phi) is 9.04. The van der Waals surface area contributed by atoms with Gasteiger partial charge in [0.25, 0.3) is 0 Å². The number of aromatic nitrogens is 1. The SMILES string of the molecule is Cc1ccc(-c2nc(CC(=O)N3CCCC(C(C)N)C3)cs2)cc1.Cl.Cl. The van der Waals surface area contributed by atoms with E-state index in [1.54, 1.807) is 11.3 Å². The molecule has 2 aromatic rings. The van der Waals surface area contributed by atoms with Gasteiger partial charge in [0.2, 0.25) is 5.91 Å². The summed E-state index contributed by atoms with van der Waals surface area (Å²) in [5.41, 5.74) is 9.22. The highest BCUT2D eigenvalue weighted by molar-refractivity contribution is 7.13. The number of nitrogens with zero attached hydrogens (tertiary/aromatic N) is 2. The number of piperidine rings is 1. The molecule has 1 aliphatic rings. The second-order valence-corrected chi connectivity index (χ2v) is 7.65. The number of hydrogen-bond donors (Lipinski definition) is 1. The van der Waals surface area contributed by atoms with Gasteiger partial charge in [-0.1, -0.05) is 29.8 Å². The van der Waals surface area contributed by atoms with Crippen LogP contribution in [0.15, 0.2) is 29.6 Å². The monoisotopic (exact) mass is 415 g/mol. The van der Waals surface area contributed by atoms with Crippen molar-refractivity contribution in [2.24, 2.45) is 11.7 Å². The number of hydrogen-bond acceptors (Lipinski definition) is 4. The second-order valence-electron chi connectivity index (χ2n) is 6.79. The van der Waals surface area contributed by atoms with Gasteiger partial charge in [-0.2, -0.15) is 0 Å². The topological polar surface area (TPSA) is 59.2 Å². The van der Waals surface area contributed by atoms with Gasteiger partial charge in [0, 0.05) is 30.1 Å². The van der Waals surface area contributed by atoms with Crippen LogP contribution in [0.5, 0.6) is 0 Å². The van der Waals surface area contributed by atoms with E-state index < -0.39 is 0 Å². The fraction of sp³-hybridized carbons (Fsp3) is 0.474. The minimum Gasteiger partial charge on any atom is -0.342 e. The predicted octanol–water partition coefficient (Wildman–Crippen LogP) is 4.09. The summed E-state index contributed by atoms with van der Waals surface area (Å²) in [7, 11) is 0. The molecule has 1 aromatic carbocycles. The first kappa shape index (κ1) is 22.9. The number of nitrogens with two attached hydrogens (primary N) is 1. The van der Waals surface area contributed by atoms with Crippen LogP contribution in [0.3, 0.4) is 0 Å². The number of thiazole rings is 1. The Labute approximate surface area is 172 Å². The maximum atomic E-state index is 12.6. The van der Waals surface area contributed by atoms with Gasteiger partial charge in [-0.05, 0) is 32.6 Å². The van der Waals surface area contributed by atoms with Crippen molar-refractivity contribution >= 4 is 42.1 Å². The van der Waals surface area contributed by atoms with Gasteiger partial charge in [0.15, 0.2) is 0 Å². The van der Waals surface area contributed by atoms with E-state index in [9.17, 15) is 4.79 Å². The third-order valence-electron chi connectivity index (χ3n) is 4.74. The number of aryl methyl sites for hydroxylation is 1. The average molecular weight is 416 g/mol. The fourth-order valence-corrected chi connectivity index (χ4v) is 3.98. The highest BCUT2D eigenvalue weighted by Crippen LogP contribution is 2.25. The van der Waals surface area contributed by atoms with E-state index in [-0.39, 0.29) is 36.8 Å². The van der Waals surface area contributed by atoms with Gasteiger partial charge < -0.3 is 10.6 Å². The molecule has 7 heteroatoms. The summed E-state index contributed by atoms with van der Waals surface area (Å²) >= 11 is 1.60. The van der Waals surface area contributed by atoms with Crippen LogP contribution in [0, 0.1) is 12.8 Å². The van der Waals surface area contributed by atoms with Crippen LogP contribution < -0.4 is 5.73 Å². The van der Waals surface area contributed by atoms with E-state index in [0.717, 1.165) is 42.2 Å². The Hall–Kier alpha value is -1.14. The average Bonchev–Trinajstić information content (AvgIpc) is 3.04. The molecule has 2 N–H and O–H groups in total. The van der Waals surface area contributed by atoms with E-state index in [1.807, 2.05) is 17.2 Å². The number of amides is 1. The molecule has 4 nitrogen and oxygen atoms in total. The minimum absolute atomic E-state index is 0. The van der Waals surface area contributed by atoms with Gasteiger partial charge in [-0.3, -0.25) is 4.79 Å². The maximum Gasteiger partial charge on any atom is 0.228 e. The summed E-state index contributed by atoms with van der Waals surface area (Å²) in [5.74, 6) is 0.586. The molecule has 1 amide bonds. The lowest BCUT2D eigenvalue weighted by atomic mass is 9.92. The first-order valence-electron chi connectivity index (χ1n) is 8.57. The Morgan fingerprint density at radius 1 is 1.35 bits per heavy atom. The van der Waals surface area contributed by atoms with Crippen LogP contribution in [0.4, 0.5) is 0 Å². The molecule has 144 valence electrons. The van der Waals surface area contributed by atoms with Crippen molar-refractivity contribution in [1.82, 2.24) is 9.88 Å². The molecule has 1 aliphatic heterocycles. The number of rotatable bonds is 4. The standard InChI is InChI=1S/C19H25N3OS.2ClH/c1-13-5-7-15(8-6-13)19-21-17(12-24-19)10-18(23)22-9-3-4-16(11-22)14(2)20;;/h5-8,12,14,16H,3-4,9-11,20H2,1-2H3;2*1H. The third-order valence-corrected chi connectivity index (χ3v) is 5.68. The fourth-order valence-electron chi connectivity index (χ4n) is 3.15. The molecule has 1 fully saturated rings. The highest BCUT2D eigenvalue weighted by atomic mass is 35.5. The van der Waals surface area contributed by atoms with Crippen molar-refractivity contribution in [3.05, 3.63) is 40.9 Å². The van der Waals surface area contributed by atoms with Crippen LogP contribution in [0.25, 0.3) is 10.6 Å². The molecule has 0 spiro atoms. The zero-order valence-electron chi connectivity index (χ0n) is 15.2. The highest BCUT2D eigenvalue weighted by Gasteiger charge is 2.26. The van der Waals surface area contributed by atoms with E-state index >= 15 is 0 Å². The lowest BCUT2D eigenvalue weighted by Gasteiger charge is -2.34. The van der Waals surface area contributed by atoms with E-state index in [1.165, 1.54) is 5.56 Å². The van der Waals surface area contributed by atoms with Gasteiger partial charge >= 0.3 is 0 Å². The maximum absolute atomic E-state index is 12.6. The van der Waals surface area contributed by atoms with Crippen LogP contribution in [0.1, 0.15) is 31.0 Å². The predicted molar refractivity (Wildman–Crippen MR) is 113 cm³/mol. The van der Waals surface area contributed by atoms with E-state index in [4.69, 9.17) is 5.73 Å². The molecule has 2 atom stereocenters. The molecule has 2 unspecified atom stereocenters. The van der Waals surface area contributed by atoms with Gasteiger partial charge in [-0.25, -0.2) is 4.98 Å². The van der Waals surface area contributed by atoms with Gasteiger partial charge in [-0.15, -0.1) is 36.2 Å². The summed E-state index contributed by atoms with van der Waals surface area (Å²) in [4.78, 5) is 19.2. The molecule has 1 aromatic heterocycles. The molecule has 2 heterocycles. The smallest absolute Gasteiger partial charge is 0.228 e. The first-order valence-corrected chi connectivity index (χ1v) is 9.45. The van der Waals surface area contributed by atoms with Crippen molar-refractivity contribution in [3.8, 4) is 10.6 Å². The molecule has 0 aliphatic carbocycles. The number of benzene rings is 1. The van der Waals surface area contributed by atoms with Crippen LogP contribution in [-0.2, 0) is 11.2 Å². The van der Waals surface area contributed by atoms with E-state index in [0.29, 0.717) is 12.3 Å². The van der Waals surface area contributed by atoms with Crippen molar-refractivity contribution in [2.45, 2.75) is 39.2 Å². The summed E-state index contributed by atoms with van der Waals surface area (Å²) in [6, 6.07) is 8.48. The molecule has 1 saturated heterocycles. The molecular formula is C19H27Cl2N3OS. The molecule has 0 saturated carbocycles. The zero-order valence-corrected chi connectivity index (χ0v) is 17.6. The lowest BCUT2D eigenvalue weighted by Crippen LogP contribution is -2.45. The quantitative estimate of drug-likeness (QED) is 0.817. The Morgan fingerprint density at radius 3 is 2.69 bits per heavy atom. The van der Waals surface area contributed by atoms with Crippen molar-refractivity contribution in [1.29, 1.82) is 0 Å². The molecular weight excluding hydrogens is 389 g/mol. The van der Waals surface area contributed by atoms with Crippen molar-refractivity contribution in [3.63, 3.8) is 0 Å². The largest absolute Gasteiger partial charge is 0.342 e. The van der Waals surface area contributed by atoms with Crippen molar-refractivity contribution in [2.75, 3.05) is 13.1 Å². The number of likely N-dealkylation sites (tertiary alicyclic amines) is 1. The lowest BCUT2D eigenvalue weighted by molar-refractivity contribution is -0.132. The van der Waals surface area contributed by atoms with Crippen LogP contribution in [-0.4, -0.2) is 34.9 Å². The van der Waals surface area contributed by atoms with Crippen LogP contribution >= 0.6 is 36.2 Å². The number of carbonyl (C=O) groups is 1. The Bertz CT molecular complexity index is 703. The number of halogens is 2. The summed E-state index contributed by atoms with van der Waals surface area (Å²) in [5, 5.41) is 2.98. The zero-order chi connectivity index (χ0) is 17.1. The Balaban J connectivity index is 0.00000169.